The molecule has 1 saturated carbocycles. The summed E-state index contributed by atoms with van der Waals surface area (Å²) in [7, 11) is 0. The Morgan fingerprint density at radius 1 is 1.13 bits per heavy atom. The summed E-state index contributed by atoms with van der Waals surface area (Å²) < 4.78 is 65.8. The number of hydrogen-bond donors (Lipinski definition) is 3. The van der Waals surface area contributed by atoms with Crippen LogP contribution in [-0.2, 0) is 15.8 Å². The van der Waals surface area contributed by atoms with Crippen LogP contribution in [0.25, 0.3) is 22.2 Å². The second-order valence-corrected chi connectivity index (χ2v) is 12.5. The van der Waals surface area contributed by atoms with Gasteiger partial charge in [0.1, 0.15) is 29.0 Å². The molecule has 16 heteroatoms. The van der Waals surface area contributed by atoms with Crippen LogP contribution in [0.1, 0.15) is 47.4 Å². The maximum atomic E-state index is 14.7. The fourth-order valence-corrected chi connectivity index (χ4v) is 5.85. The van der Waals surface area contributed by atoms with Crippen LogP contribution >= 0.6 is 34.8 Å². The number of ether oxygens (including phenoxy) is 1. The first-order chi connectivity index (χ1) is 21.0. The van der Waals surface area contributed by atoms with Gasteiger partial charge in [0.2, 0.25) is 11.5 Å². The molecule has 0 unspecified atom stereocenters. The molecule has 2 aromatic carbocycles. The molecule has 1 aliphatic heterocycles. The monoisotopic (exact) mass is 685 g/mol. The standard InChI is InChI=1S/C29H22Cl3F4N5O4/c1-27(26(37)43)11-45-24-16(27)8-20(39-23(24)12-5-17(30)21(33)18(31)6-12)28(44,29(34,35)36)10-38-25(42)13-4-14-9-41(15-2-3-15)40-22(14)19(32)7-13/h4-9,15,44H,2-3,10-11H2,1H3,(H2,37,43)(H,38,42)/t27-,28-/m0/s1. The third-order valence-corrected chi connectivity index (χ3v) is 8.87. The van der Waals surface area contributed by atoms with E-state index in [1.54, 1.807) is 10.9 Å². The molecule has 3 heterocycles. The topological polar surface area (TPSA) is 132 Å². The van der Waals surface area contributed by atoms with Crippen LogP contribution in [-0.4, -0.2) is 51.0 Å². The quantitative estimate of drug-likeness (QED) is 0.165. The third kappa shape index (κ3) is 5.25. The number of aliphatic hydroxyl groups is 1. The highest BCUT2D eigenvalue weighted by molar-refractivity contribution is 6.36. The number of benzene rings is 2. The number of nitrogens with one attached hydrogen (secondary N) is 1. The molecule has 6 rings (SSSR count). The van der Waals surface area contributed by atoms with Gasteiger partial charge >= 0.3 is 6.18 Å². The summed E-state index contributed by atoms with van der Waals surface area (Å²) in [5, 5.41) is 17.5. The molecule has 2 atom stereocenters. The average molecular weight is 687 g/mol. The molecule has 0 radical (unpaired) electrons. The van der Waals surface area contributed by atoms with Crippen molar-refractivity contribution in [1.82, 2.24) is 20.1 Å². The van der Waals surface area contributed by atoms with E-state index in [2.05, 4.69) is 15.4 Å². The Morgan fingerprint density at radius 3 is 2.40 bits per heavy atom. The van der Waals surface area contributed by atoms with Crippen molar-refractivity contribution < 1.29 is 37.0 Å². The number of aromatic nitrogens is 3. The van der Waals surface area contributed by atoms with Crippen molar-refractivity contribution in [2.24, 2.45) is 5.73 Å². The molecule has 236 valence electrons. The van der Waals surface area contributed by atoms with Crippen LogP contribution in [0.3, 0.4) is 0 Å². The summed E-state index contributed by atoms with van der Waals surface area (Å²) >= 11 is 18.2. The summed E-state index contributed by atoms with van der Waals surface area (Å²) in [5.74, 6) is -3.02. The van der Waals surface area contributed by atoms with Gasteiger partial charge in [-0.15, -0.1) is 0 Å². The normalized spacial score (nSPS) is 19.2. The Morgan fingerprint density at radius 2 is 1.80 bits per heavy atom. The number of nitrogens with two attached hydrogens (primary N) is 1. The number of amides is 2. The van der Waals surface area contributed by atoms with Crippen molar-refractivity contribution in [3.05, 3.63) is 74.2 Å². The lowest BCUT2D eigenvalue weighted by molar-refractivity contribution is -0.265. The third-order valence-electron chi connectivity index (χ3n) is 8.03. The molecule has 0 spiro atoms. The summed E-state index contributed by atoms with van der Waals surface area (Å²) in [6, 6.07) is 5.87. The Bertz CT molecular complexity index is 1890. The van der Waals surface area contributed by atoms with Crippen LogP contribution in [0.2, 0.25) is 15.1 Å². The average Bonchev–Trinajstić information content (AvgIpc) is 3.64. The van der Waals surface area contributed by atoms with E-state index in [1.165, 1.54) is 19.1 Å². The number of alkyl halides is 3. The number of hydrogen-bond acceptors (Lipinski definition) is 6. The summed E-state index contributed by atoms with van der Waals surface area (Å²) in [4.78, 5) is 29.6. The van der Waals surface area contributed by atoms with E-state index >= 15 is 0 Å². The first-order valence-electron chi connectivity index (χ1n) is 13.4. The molecule has 9 nitrogen and oxygen atoms in total. The highest BCUT2D eigenvalue weighted by Gasteiger charge is 2.57. The minimum absolute atomic E-state index is 0.0681. The number of rotatable bonds is 7. The molecule has 2 aliphatic rings. The van der Waals surface area contributed by atoms with Crippen LogP contribution in [0, 0.1) is 5.82 Å². The van der Waals surface area contributed by atoms with E-state index in [9.17, 15) is 32.3 Å². The molecule has 2 aromatic heterocycles. The van der Waals surface area contributed by atoms with Gasteiger partial charge in [-0.2, -0.15) is 18.3 Å². The van der Waals surface area contributed by atoms with Crippen LogP contribution in [0.15, 0.2) is 36.5 Å². The molecule has 1 fully saturated rings. The van der Waals surface area contributed by atoms with Gasteiger partial charge in [-0.1, -0.05) is 34.8 Å². The molecular formula is C29H22Cl3F4N5O4. The van der Waals surface area contributed by atoms with E-state index in [0.717, 1.165) is 31.0 Å². The number of carbonyl (C=O) groups is 2. The van der Waals surface area contributed by atoms with E-state index in [0.29, 0.717) is 10.9 Å². The largest absolute Gasteiger partial charge is 0.489 e. The lowest BCUT2D eigenvalue weighted by atomic mass is 9.81. The fourth-order valence-electron chi connectivity index (χ4n) is 5.10. The second-order valence-electron chi connectivity index (χ2n) is 11.2. The van der Waals surface area contributed by atoms with Gasteiger partial charge in [0, 0.05) is 28.3 Å². The van der Waals surface area contributed by atoms with Gasteiger partial charge in [0.15, 0.2) is 5.82 Å². The number of halogens is 7. The molecule has 0 saturated heterocycles. The highest BCUT2D eigenvalue weighted by atomic mass is 35.5. The maximum Gasteiger partial charge on any atom is 0.424 e. The number of fused-ring (bicyclic) bond motifs is 2. The van der Waals surface area contributed by atoms with Crippen molar-refractivity contribution in [2.75, 3.05) is 13.2 Å². The number of carbonyl (C=O) groups excluding carboxylic acids is 2. The van der Waals surface area contributed by atoms with Crippen molar-refractivity contribution >= 4 is 57.5 Å². The van der Waals surface area contributed by atoms with Gasteiger partial charge < -0.3 is 20.9 Å². The van der Waals surface area contributed by atoms with E-state index in [4.69, 9.17) is 45.3 Å². The van der Waals surface area contributed by atoms with Crippen LogP contribution in [0.4, 0.5) is 17.6 Å². The minimum atomic E-state index is -5.41. The van der Waals surface area contributed by atoms with Crippen molar-refractivity contribution in [2.45, 2.75) is 43.0 Å². The van der Waals surface area contributed by atoms with Gasteiger partial charge in [-0.3, -0.25) is 14.3 Å². The van der Waals surface area contributed by atoms with Gasteiger partial charge in [-0.25, -0.2) is 9.37 Å². The Kier molecular flexibility index (Phi) is 7.46. The lowest BCUT2D eigenvalue weighted by Crippen LogP contribution is -2.51. The Hall–Kier alpha value is -3.65. The summed E-state index contributed by atoms with van der Waals surface area (Å²) in [5.41, 5.74) is -0.992. The predicted octanol–water partition coefficient (Wildman–Crippen LogP) is 5.85. The van der Waals surface area contributed by atoms with Crippen molar-refractivity contribution in [3.63, 3.8) is 0 Å². The van der Waals surface area contributed by atoms with Gasteiger partial charge in [-0.05, 0) is 50.1 Å². The van der Waals surface area contributed by atoms with Crippen molar-refractivity contribution in [3.8, 4) is 17.0 Å². The molecule has 4 N–H and O–H groups in total. The number of primary amides is 1. The number of nitrogens with zero attached hydrogens (tertiary/aromatic N) is 3. The van der Waals surface area contributed by atoms with E-state index in [1.807, 2.05) is 0 Å². The molecule has 45 heavy (non-hydrogen) atoms. The zero-order valence-corrected chi connectivity index (χ0v) is 25.4. The molecule has 4 aromatic rings. The maximum absolute atomic E-state index is 14.7. The first-order valence-corrected chi connectivity index (χ1v) is 14.6. The molecule has 0 bridgehead atoms. The number of pyridine rings is 1. The van der Waals surface area contributed by atoms with Crippen LogP contribution < -0.4 is 15.8 Å². The molecular weight excluding hydrogens is 665 g/mol. The van der Waals surface area contributed by atoms with Gasteiger partial charge in [0.25, 0.3) is 5.91 Å². The van der Waals surface area contributed by atoms with Crippen LogP contribution in [0.5, 0.6) is 5.75 Å². The zero-order valence-electron chi connectivity index (χ0n) is 23.1. The molecule has 2 amide bonds. The van der Waals surface area contributed by atoms with E-state index < -0.39 is 57.1 Å². The summed E-state index contributed by atoms with van der Waals surface area (Å²) in [6.07, 6.45) is -1.82. The highest BCUT2D eigenvalue weighted by Crippen LogP contribution is 2.48. The van der Waals surface area contributed by atoms with Crippen molar-refractivity contribution in [1.29, 1.82) is 0 Å². The van der Waals surface area contributed by atoms with Gasteiger partial charge in [0.05, 0.1) is 33.3 Å². The smallest absolute Gasteiger partial charge is 0.424 e. The Labute approximate surface area is 267 Å². The predicted molar refractivity (Wildman–Crippen MR) is 157 cm³/mol. The SMILES string of the molecule is C[C@]1(C(N)=O)COc2c1cc([C@@](O)(CNC(=O)c1cc(Cl)c3nn(C4CC4)cc3c1)C(F)(F)F)nc2-c1cc(Cl)c(F)c(Cl)c1. The fraction of sp³-hybridized carbons (Fsp3) is 0.310. The first kappa shape index (κ1) is 31.3. The Balaban J connectivity index is 1.42. The second kappa shape index (κ2) is 10.7. The molecule has 1 aliphatic carbocycles. The van der Waals surface area contributed by atoms with E-state index in [-0.39, 0.29) is 45.8 Å². The minimum Gasteiger partial charge on any atom is -0.489 e. The zero-order chi connectivity index (χ0) is 32.6. The summed E-state index contributed by atoms with van der Waals surface area (Å²) in [6.45, 7) is -0.407. The lowest BCUT2D eigenvalue weighted by Gasteiger charge is -2.31.